The summed E-state index contributed by atoms with van der Waals surface area (Å²) < 4.78 is 10.9. The van der Waals surface area contributed by atoms with Gasteiger partial charge < -0.3 is 14.2 Å². The molecule has 1 atom stereocenters. The smallest absolute Gasteiger partial charge is 0.339 e. The van der Waals surface area contributed by atoms with Crippen LogP contribution in [0.25, 0.3) is 11.1 Å². The van der Waals surface area contributed by atoms with Gasteiger partial charge in [-0.1, -0.05) is 23.4 Å². The molecule has 148 valence electrons. The summed E-state index contributed by atoms with van der Waals surface area (Å²) in [4.78, 5) is 32.1. The van der Waals surface area contributed by atoms with Gasteiger partial charge in [0.15, 0.2) is 6.10 Å². The summed E-state index contributed by atoms with van der Waals surface area (Å²) in [5, 5.41) is 4.49. The van der Waals surface area contributed by atoms with Crippen LogP contribution in [0.5, 0.6) is 0 Å². The first-order chi connectivity index (χ1) is 14.0. The molecule has 7 heteroatoms. The maximum Gasteiger partial charge on any atom is 0.339 e. The monoisotopic (exact) mass is 391 g/mol. The lowest BCUT2D eigenvalue weighted by molar-refractivity contribution is -0.126. The molecule has 0 N–H and O–H groups in total. The molecular formula is C22H21N3O4. The number of pyridine rings is 1. The summed E-state index contributed by atoms with van der Waals surface area (Å²) in [7, 11) is 0. The van der Waals surface area contributed by atoms with E-state index in [1.54, 1.807) is 24.8 Å². The lowest BCUT2D eigenvalue weighted by atomic mass is 10.1. The lowest BCUT2D eigenvalue weighted by Gasteiger charge is -2.21. The molecule has 2 aliphatic rings. The maximum absolute atomic E-state index is 13.0. The number of hydrogen-bond acceptors (Lipinski definition) is 6. The number of para-hydroxylation sites is 1. The molecule has 1 aliphatic heterocycles. The van der Waals surface area contributed by atoms with E-state index in [4.69, 9.17) is 9.26 Å². The molecule has 1 unspecified atom stereocenters. The number of anilines is 1. The molecule has 1 saturated carbocycles. The van der Waals surface area contributed by atoms with Gasteiger partial charge in [0.05, 0.1) is 16.6 Å². The van der Waals surface area contributed by atoms with E-state index in [0.717, 1.165) is 36.2 Å². The van der Waals surface area contributed by atoms with Gasteiger partial charge in [-0.2, -0.15) is 0 Å². The molecule has 0 spiro atoms. The fraction of sp³-hybridized carbons (Fsp3) is 0.364. The largest absolute Gasteiger partial charge is 0.449 e. The Kier molecular flexibility index (Phi) is 4.12. The summed E-state index contributed by atoms with van der Waals surface area (Å²) >= 11 is 0. The average Bonchev–Trinajstić information content (AvgIpc) is 3.39. The van der Waals surface area contributed by atoms with Crippen LogP contribution in [0.15, 0.2) is 34.9 Å². The Labute approximate surface area is 167 Å². The molecule has 0 radical (unpaired) electrons. The Hall–Kier alpha value is -3.22. The number of nitrogens with zero attached hydrogens (tertiary/aromatic N) is 3. The molecule has 0 bridgehead atoms. The lowest BCUT2D eigenvalue weighted by Crippen LogP contribution is -2.39. The number of rotatable bonds is 4. The summed E-state index contributed by atoms with van der Waals surface area (Å²) in [5.41, 5.74) is 4.10. The van der Waals surface area contributed by atoms with Crippen LogP contribution in [0.2, 0.25) is 0 Å². The molecule has 3 aromatic rings. The average molecular weight is 391 g/mol. The van der Waals surface area contributed by atoms with E-state index in [2.05, 4.69) is 10.1 Å². The zero-order valence-electron chi connectivity index (χ0n) is 16.3. The first kappa shape index (κ1) is 17.8. The number of benzene rings is 1. The zero-order valence-corrected chi connectivity index (χ0v) is 16.3. The predicted octanol–water partition coefficient (Wildman–Crippen LogP) is 3.54. The molecule has 2 aromatic heterocycles. The van der Waals surface area contributed by atoms with Crippen molar-refractivity contribution in [2.24, 2.45) is 0 Å². The van der Waals surface area contributed by atoms with Crippen molar-refractivity contribution in [3.8, 4) is 0 Å². The molecule has 1 fully saturated rings. The fourth-order valence-corrected chi connectivity index (χ4v) is 3.92. The van der Waals surface area contributed by atoms with E-state index in [9.17, 15) is 9.59 Å². The third-order valence-electron chi connectivity index (χ3n) is 5.64. The van der Waals surface area contributed by atoms with Gasteiger partial charge in [-0.05, 0) is 50.8 Å². The highest BCUT2D eigenvalue weighted by molar-refractivity contribution is 6.05. The van der Waals surface area contributed by atoms with Crippen LogP contribution in [0.1, 0.15) is 53.0 Å². The van der Waals surface area contributed by atoms with E-state index in [-0.39, 0.29) is 5.91 Å². The Balaban J connectivity index is 1.40. The highest BCUT2D eigenvalue weighted by Gasteiger charge is 2.32. The Morgan fingerprint density at radius 1 is 1.28 bits per heavy atom. The molecule has 0 saturated heterocycles. The second-order valence-electron chi connectivity index (χ2n) is 7.73. The SMILES string of the molecule is Cc1noc2nc(C3CC3)cc(C(=O)OC(C)C(=O)N3CCc4ccccc43)c12. The van der Waals surface area contributed by atoms with Crippen LogP contribution in [0, 0.1) is 6.92 Å². The third kappa shape index (κ3) is 3.06. The molecule has 1 aromatic carbocycles. The minimum absolute atomic E-state index is 0.224. The van der Waals surface area contributed by atoms with Gasteiger partial charge in [0.2, 0.25) is 0 Å². The number of hydrogen-bond donors (Lipinski definition) is 0. The molecule has 3 heterocycles. The Bertz CT molecular complexity index is 1130. The van der Waals surface area contributed by atoms with Gasteiger partial charge in [-0.15, -0.1) is 0 Å². The zero-order chi connectivity index (χ0) is 20.1. The normalized spacial score (nSPS) is 16.7. The van der Waals surface area contributed by atoms with Crippen LogP contribution < -0.4 is 4.90 Å². The topological polar surface area (TPSA) is 85.5 Å². The van der Waals surface area contributed by atoms with Gasteiger partial charge in [-0.25, -0.2) is 9.78 Å². The number of amides is 1. The van der Waals surface area contributed by atoms with E-state index >= 15 is 0 Å². The third-order valence-corrected chi connectivity index (χ3v) is 5.64. The van der Waals surface area contributed by atoms with E-state index in [0.29, 0.717) is 34.8 Å². The summed E-state index contributed by atoms with van der Waals surface area (Å²) in [5.74, 6) is -0.437. The van der Waals surface area contributed by atoms with Crippen molar-refractivity contribution in [3.05, 3.63) is 52.8 Å². The number of aryl methyl sites for hydroxylation is 1. The highest BCUT2D eigenvalue weighted by atomic mass is 16.5. The predicted molar refractivity (Wildman–Crippen MR) is 106 cm³/mol. The fourth-order valence-electron chi connectivity index (χ4n) is 3.92. The van der Waals surface area contributed by atoms with Gasteiger partial charge in [0.1, 0.15) is 0 Å². The van der Waals surface area contributed by atoms with Crippen LogP contribution >= 0.6 is 0 Å². The van der Waals surface area contributed by atoms with Crippen molar-refractivity contribution in [1.29, 1.82) is 0 Å². The second-order valence-corrected chi connectivity index (χ2v) is 7.73. The molecule has 5 rings (SSSR count). The van der Waals surface area contributed by atoms with E-state index in [1.165, 1.54) is 0 Å². The highest BCUT2D eigenvalue weighted by Crippen LogP contribution is 2.40. The van der Waals surface area contributed by atoms with E-state index in [1.807, 2.05) is 24.3 Å². The molecular weight excluding hydrogens is 370 g/mol. The van der Waals surface area contributed by atoms with Gasteiger partial charge in [-0.3, -0.25) is 4.79 Å². The minimum atomic E-state index is -0.901. The number of carbonyl (C=O) groups is 2. The van der Waals surface area contributed by atoms with Gasteiger partial charge in [0, 0.05) is 23.8 Å². The van der Waals surface area contributed by atoms with Crippen LogP contribution in [0.3, 0.4) is 0 Å². The molecule has 1 aliphatic carbocycles. The standard InChI is InChI=1S/C22H21N3O4/c1-12-19-16(11-17(14-7-8-14)23-20(19)29-24-12)22(27)28-13(2)21(26)25-10-9-15-5-3-4-6-18(15)25/h3-6,11,13-14H,7-10H2,1-2H3. The van der Waals surface area contributed by atoms with Crippen molar-refractivity contribution in [1.82, 2.24) is 10.1 Å². The number of ether oxygens (including phenoxy) is 1. The van der Waals surface area contributed by atoms with Crippen molar-refractivity contribution >= 4 is 28.7 Å². The summed E-state index contributed by atoms with van der Waals surface area (Å²) in [6.07, 6.45) is 1.99. The van der Waals surface area contributed by atoms with Gasteiger partial charge in [0.25, 0.3) is 11.6 Å². The van der Waals surface area contributed by atoms with Crippen molar-refractivity contribution < 1.29 is 18.8 Å². The Morgan fingerprint density at radius 3 is 2.86 bits per heavy atom. The van der Waals surface area contributed by atoms with Crippen LogP contribution in [-0.2, 0) is 16.0 Å². The Morgan fingerprint density at radius 2 is 2.07 bits per heavy atom. The number of carbonyl (C=O) groups excluding carboxylic acids is 2. The molecule has 29 heavy (non-hydrogen) atoms. The van der Waals surface area contributed by atoms with Crippen LogP contribution in [-0.4, -0.2) is 34.7 Å². The first-order valence-corrected chi connectivity index (χ1v) is 9.90. The van der Waals surface area contributed by atoms with Crippen molar-refractivity contribution in [2.45, 2.75) is 45.1 Å². The van der Waals surface area contributed by atoms with E-state index < -0.39 is 12.1 Å². The molecule has 7 nitrogen and oxygen atoms in total. The number of esters is 1. The second kappa shape index (κ2) is 6.69. The van der Waals surface area contributed by atoms with Crippen molar-refractivity contribution in [2.75, 3.05) is 11.4 Å². The molecule has 1 amide bonds. The quantitative estimate of drug-likeness (QED) is 0.633. The van der Waals surface area contributed by atoms with Crippen molar-refractivity contribution in [3.63, 3.8) is 0 Å². The van der Waals surface area contributed by atoms with Gasteiger partial charge >= 0.3 is 5.97 Å². The van der Waals surface area contributed by atoms with Crippen LogP contribution in [0.4, 0.5) is 5.69 Å². The number of aromatic nitrogens is 2. The maximum atomic E-state index is 13.0. The first-order valence-electron chi connectivity index (χ1n) is 9.90. The number of fused-ring (bicyclic) bond motifs is 2. The summed E-state index contributed by atoms with van der Waals surface area (Å²) in [6.45, 7) is 3.97. The minimum Gasteiger partial charge on any atom is -0.449 e. The summed E-state index contributed by atoms with van der Waals surface area (Å²) in [6, 6.07) is 9.56.